The van der Waals surface area contributed by atoms with Crippen LogP contribution in [-0.4, -0.2) is 27.1 Å². The highest BCUT2D eigenvalue weighted by atomic mass is 16.4. The maximum atomic E-state index is 13.0. The quantitative estimate of drug-likeness (QED) is 0.516. The average molecular weight is 296 g/mol. The molecule has 0 radical (unpaired) electrons. The van der Waals surface area contributed by atoms with Gasteiger partial charge < -0.3 is 5.11 Å². The van der Waals surface area contributed by atoms with E-state index < -0.39 is 17.3 Å². The number of carbonyl (C=O) groups excluding carboxylic acids is 1. The first kappa shape index (κ1) is 14.3. The molecule has 0 spiro atoms. The zero-order chi connectivity index (χ0) is 15.6. The van der Waals surface area contributed by atoms with Crippen LogP contribution >= 0.6 is 0 Å². The lowest BCUT2D eigenvalue weighted by Crippen LogP contribution is -2.45. The number of rotatable bonds is 4. The minimum absolute atomic E-state index is 0.274. The Kier molecular flexibility index (Phi) is 3.63. The Balaban J connectivity index is 2.13. The minimum atomic E-state index is -1.50. The number of H-pyrrole nitrogens is 1. The normalized spacial score (nSPS) is 24.1. The molecule has 5 heteroatoms. The van der Waals surface area contributed by atoms with Gasteiger partial charge in [-0.1, -0.05) is 42.5 Å². The highest BCUT2D eigenvalue weighted by Crippen LogP contribution is 2.46. The largest absolute Gasteiger partial charge is 0.480 e. The van der Waals surface area contributed by atoms with Gasteiger partial charge in [0.05, 0.1) is 0 Å². The van der Waals surface area contributed by atoms with Crippen molar-refractivity contribution >= 4 is 11.8 Å². The fraction of sp³-hybridized carbons (Fsp3) is 0.235. The number of allylic oxidation sites excluding steroid dienone is 2. The van der Waals surface area contributed by atoms with E-state index in [-0.39, 0.29) is 12.2 Å². The number of Topliss-reactive ketones (excluding diaryl/α,β-unsaturated/α-hetero) is 1. The number of carboxylic acid groups (broad SMARTS) is 1. The molecule has 2 N–H and O–H groups in total. The van der Waals surface area contributed by atoms with E-state index in [1.807, 2.05) is 6.08 Å². The van der Waals surface area contributed by atoms with Gasteiger partial charge in [0.2, 0.25) is 0 Å². The first-order chi connectivity index (χ1) is 10.7. The van der Waals surface area contributed by atoms with Crippen LogP contribution in [0.4, 0.5) is 0 Å². The molecule has 5 nitrogen and oxygen atoms in total. The number of nitrogens with one attached hydrogen (secondary N) is 1. The van der Waals surface area contributed by atoms with E-state index in [0.29, 0.717) is 17.7 Å². The molecule has 0 saturated carbocycles. The van der Waals surface area contributed by atoms with Gasteiger partial charge in [-0.15, -0.1) is 0 Å². The Bertz CT molecular complexity index is 707. The standard InChI is InChI=1S/C17H16N2O3/c20-15(12-6-2-1-3-7-12)17(16(21)22)10-5-4-8-13(17)14-9-11-18-19-14/h1-4,6-9,11,13H,5,10H2,(H,18,19)(H,21,22). The molecular weight excluding hydrogens is 280 g/mol. The molecule has 1 heterocycles. The summed E-state index contributed by atoms with van der Waals surface area (Å²) in [6, 6.07) is 10.3. The van der Waals surface area contributed by atoms with Gasteiger partial charge in [0.15, 0.2) is 5.78 Å². The van der Waals surface area contributed by atoms with Crippen molar-refractivity contribution in [3.05, 3.63) is 66.0 Å². The summed E-state index contributed by atoms with van der Waals surface area (Å²) in [6.45, 7) is 0. The topological polar surface area (TPSA) is 83.0 Å². The summed E-state index contributed by atoms with van der Waals surface area (Å²) in [5, 5.41) is 16.6. The number of benzene rings is 1. The number of hydrogen-bond acceptors (Lipinski definition) is 3. The second kappa shape index (κ2) is 5.60. The fourth-order valence-electron chi connectivity index (χ4n) is 3.11. The summed E-state index contributed by atoms with van der Waals surface area (Å²) < 4.78 is 0. The number of carbonyl (C=O) groups is 2. The Morgan fingerprint density at radius 3 is 2.64 bits per heavy atom. The predicted octanol–water partition coefficient (Wildman–Crippen LogP) is 2.80. The Morgan fingerprint density at radius 2 is 2.00 bits per heavy atom. The molecule has 0 aliphatic heterocycles. The van der Waals surface area contributed by atoms with Crippen LogP contribution in [0.1, 0.15) is 34.8 Å². The van der Waals surface area contributed by atoms with Crippen molar-refractivity contribution in [1.29, 1.82) is 0 Å². The molecule has 0 fully saturated rings. The molecule has 0 amide bonds. The number of ketones is 1. The van der Waals surface area contributed by atoms with E-state index in [0.717, 1.165) is 0 Å². The molecule has 22 heavy (non-hydrogen) atoms. The van der Waals surface area contributed by atoms with Crippen LogP contribution in [0.15, 0.2) is 54.7 Å². The van der Waals surface area contributed by atoms with E-state index in [4.69, 9.17) is 0 Å². The van der Waals surface area contributed by atoms with Gasteiger partial charge in [0.25, 0.3) is 0 Å². The summed E-state index contributed by atoms with van der Waals surface area (Å²) in [5.74, 6) is -2.00. The second-order valence-corrected chi connectivity index (χ2v) is 5.43. The maximum Gasteiger partial charge on any atom is 0.318 e. The van der Waals surface area contributed by atoms with Crippen molar-refractivity contribution in [2.75, 3.05) is 0 Å². The number of hydrogen-bond donors (Lipinski definition) is 2. The van der Waals surface area contributed by atoms with Crippen molar-refractivity contribution in [3.8, 4) is 0 Å². The van der Waals surface area contributed by atoms with E-state index >= 15 is 0 Å². The van der Waals surface area contributed by atoms with Crippen LogP contribution in [0.5, 0.6) is 0 Å². The molecular formula is C17H16N2O3. The minimum Gasteiger partial charge on any atom is -0.480 e. The first-order valence-corrected chi connectivity index (χ1v) is 7.15. The number of carboxylic acids is 1. The molecule has 1 aliphatic rings. The van der Waals surface area contributed by atoms with Crippen molar-refractivity contribution in [1.82, 2.24) is 10.2 Å². The van der Waals surface area contributed by atoms with Crippen LogP contribution in [0.25, 0.3) is 0 Å². The van der Waals surface area contributed by atoms with Gasteiger partial charge in [-0.3, -0.25) is 14.7 Å². The van der Waals surface area contributed by atoms with Crippen molar-refractivity contribution in [2.45, 2.75) is 18.8 Å². The van der Waals surface area contributed by atoms with Gasteiger partial charge in [0, 0.05) is 23.4 Å². The molecule has 2 atom stereocenters. The number of nitrogens with zero attached hydrogens (tertiary/aromatic N) is 1. The molecule has 2 aromatic rings. The van der Waals surface area contributed by atoms with Crippen LogP contribution < -0.4 is 0 Å². The van der Waals surface area contributed by atoms with Crippen LogP contribution in [-0.2, 0) is 4.79 Å². The van der Waals surface area contributed by atoms with E-state index in [2.05, 4.69) is 10.2 Å². The summed E-state index contributed by atoms with van der Waals surface area (Å²) >= 11 is 0. The van der Waals surface area contributed by atoms with Crippen molar-refractivity contribution in [2.24, 2.45) is 5.41 Å². The van der Waals surface area contributed by atoms with Gasteiger partial charge in [-0.25, -0.2) is 0 Å². The molecule has 112 valence electrons. The van der Waals surface area contributed by atoms with Gasteiger partial charge >= 0.3 is 5.97 Å². The summed E-state index contributed by atoms with van der Waals surface area (Å²) in [7, 11) is 0. The third-order valence-electron chi connectivity index (χ3n) is 4.24. The molecule has 3 rings (SSSR count). The Labute approximate surface area is 127 Å². The lowest BCUT2D eigenvalue weighted by Gasteiger charge is -2.36. The SMILES string of the molecule is O=C(O)C1(C(=O)c2ccccc2)CCC=CC1c1ccn[nH]1. The highest BCUT2D eigenvalue weighted by Gasteiger charge is 2.53. The van der Waals surface area contributed by atoms with Crippen LogP contribution in [0, 0.1) is 5.41 Å². The van der Waals surface area contributed by atoms with Crippen molar-refractivity contribution < 1.29 is 14.7 Å². The van der Waals surface area contributed by atoms with Gasteiger partial charge in [0.1, 0.15) is 5.41 Å². The zero-order valence-corrected chi connectivity index (χ0v) is 11.9. The van der Waals surface area contributed by atoms with Crippen LogP contribution in [0.2, 0.25) is 0 Å². The highest BCUT2D eigenvalue weighted by molar-refractivity contribution is 6.13. The smallest absolute Gasteiger partial charge is 0.318 e. The number of aromatic amines is 1. The number of aliphatic carboxylic acids is 1. The monoisotopic (exact) mass is 296 g/mol. The lowest BCUT2D eigenvalue weighted by molar-refractivity contribution is -0.147. The third kappa shape index (κ3) is 2.15. The summed E-state index contributed by atoms with van der Waals surface area (Å²) in [6.07, 6.45) is 6.13. The third-order valence-corrected chi connectivity index (χ3v) is 4.24. The second-order valence-electron chi connectivity index (χ2n) is 5.43. The van der Waals surface area contributed by atoms with Gasteiger partial charge in [-0.05, 0) is 18.9 Å². The molecule has 1 aromatic carbocycles. The Hall–Kier alpha value is -2.69. The Morgan fingerprint density at radius 1 is 1.23 bits per heavy atom. The van der Waals surface area contributed by atoms with Crippen LogP contribution in [0.3, 0.4) is 0 Å². The molecule has 0 bridgehead atoms. The average Bonchev–Trinajstić information content (AvgIpc) is 3.09. The maximum absolute atomic E-state index is 13.0. The molecule has 1 aliphatic carbocycles. The zero-order valence-electron chi connectivity index (χ0n) is 11.9. The summed E-state index contributed by atoms with van der Waals surface area (Å²) in [5.41, 5.74) is -0.435. The first-order valence-electron chi connectivity index (χ1n) is 7.15. The molecule has 0 saturated heterocycles. The lowest BCUT2D eigenvalue weighted by atomic mass is 9.64. The van der Waals surface area contributed by atoms with Crippen molar-refractivity contribution in [3.63, 3.8) is 0 Å². The van der Waals surface area contributed by atoms with Gasteiger partial charge in [-0.2, -0.15) is 5.10 Å². The number of aromatic nitrogens is 2. The van der Waals surface area contributed by atoms with E-state index in [9.17, 15) is 14.7 Å². The summed E-state index contributed by atoms with van der Waals surface area (Å²) in [4.78, 5) is 25.1. The molecule has 2 unspecified atom stereocenters. The molecule has 1 aromatic heterocycles. The van der Waals surface area contributed by atoms with E-state index in [1.54, 1.807) is 48.7 Å². The fourth-order valence-corrected chi connectivity index (χ4v) is 3.11. The predicted molar refractivity (Wildman–Crippen MR) is 80.5 cm³/mol. The van der Waals surface area contributed by atoms with E-state index in [1.165, 1.54) is 0 Å².